The lowest BCUT2D eigenvalue weighted by molar-refractivity contribution is 0.411. The molecule has 14 heavy (non-hydrogen) atoms. The molecular weight excluding hydrogens is 198 g/mol. The number of hydrogen-bond donors (Lipinski definition) is 1. The van der Waals surface area contributed by atoms with Gasteiger partial charge in [0, 0.05) is 11.6 Å². The Kier molecular flexibility index (Phi) is 4.23. The highest BCUT2D eigenvalue weighted by molar-refractivity contribution is 6.17. The molecule has 0 fully saturated rings. The minimum Gasteiger partial charge on any atom is -0.496 e. The number of rotatable bonds is 4. The topological polar surface area (TPSA) is 35.2 Å². The Balaban J connectivity index is 2.89. The molecule has 0 radical (unpaired) electrons. The van der Waals surface area contributed by atoms with E-state index < -0.39 is 0 Å². The minimum atomic E-state index is 0.173. The molecule has 1 atom stereocenters. The van der Waals surface area contributed by atoms with Crippen LogP contribution in [-0.4, -0.2) is 13.2 Å². The van der Waals surface area contributed by atoms with Crippen molar-refractivity contribution in [3.05, 3.63) is 29.3 Å². The van der Waals surface area contributed by atoms with Gasteiger partial charge in [0.15, 0.2) is 0 Å². The molecule has 0 heterocycles. The second-order valence-electron chi connectivity index (χ2n) is 3.46. The predicted molar refractivity (Wildman–Crippen MR) is 59.9 cm³/mol. The minimum absolute atomic E-state index is 0.173. The van der Waals surface area contributed by atoms with Crippen molar-refractivity contribution in [2.75, 3.05) is 7.11 Å². The summed E-state index contributed by atoms with van der Waals surface area (Å²) in [6, 6.07) is 6.19. The van der Waals surface area contributed by atoms with E-state index in [1.165, 1.54) is 5.56 Å². The van der Waals surface area contributed by atoms with Gasteiger partial charge < -0.3 is 10.5 Å². The number of alkyl halides is 1. The molecule has 3 heteroatoms. The summed E-state index contributed by atoms with van der Waals surface area (Å²) in [6.07, 6.45) is 0.869. The van der Waals surface area contributed by atoms with E-state index >= 15 is 0 Å². The largest absolute Gasteiger partial charge is 0.496 e. The van der Waals surface area contributed by atoms with E-state index in [2.05, 4.69) is 6.07 Å². The fourth-order valence-corrected chi connectivity index (χ4v) is 1.64. The molecule has 2 N–H and O–H groups in total. The highest BCUT2D eigenvalue weighted by Gasteiger charge is 2.04. The zero-order valence-corrected chi connectivity index (χ0v) is 9.34. The summed E-state index contributed by atoms with van der Waals surface area (Å²) < 4.78 is 5.18. The van der Waals surface area contributed by atoms with Crippen molar-refractivity contribution in [3.63, 3.8) is 0 Å². The van der Waals surface area contributed by atoms with Crippen LogP contribution in [0.3, 0.4) is 0 Å². The SMILES string of the molecule is COc1ccc(CC(C)N)cc1CCl. The normalized spacial score (nSPS) is 12.6. The number of ether oxygens (including phenoxy) is 1. The van der Waals surface area contributed by atoms with Gasteiger partial charge in [0.05, 0.1) is 13.0 Å². The predicted octanol–water partition coefficient (Wildman–Crippen LogP) is 2.32. The van der Waals surface area contributed by atoms with Crippen LogP contribution in [0.1, 0.15) is 18.1 Å². The maximum atomic E-state index is 5.81. The first kappa shape index (κ1) is 11.3. The van der Waals surface area contributed by atoms with E-state index in [-0.39, 0.29) is 6.04 Å². The lowest BCUT2D eigenvalue weighted by atomic mass is 10.0. The standard InChI is InChI=1S/C11H16ClNO/c1-8(13)5-9-3-4-11(14-2)10(6-9)7-12/h3-4,6,8H,5,7,13H2,1-2H3. The fraction of sp³-hybridized carbons (Fsp3) is 0.455. The van der Waals surface area contributed by atoms with E-state index in [0.717, 1.165) is 17.7 Å². The van der Waals surface area contributed by atoms with Crippen molar-refractivity contribution in [2.24, 2.45) is 5.73 Å². The van der Waals surface area contributed by atoms with E-state index in [1.54, 1.807) is 7.11 Å². The number of hydrogen-bond acceptors (Lipinski definition) is 2. The van der Waals surface area contributed by atoms with Gasteiger partial charge in [-0.15, -0.1) is 11.6 Å². The number of methoxy groups -OCH3 is 1. The highest BCUT2D eigenvalue weighted by Crippen LogP contribution is 2.22. The van der Waals surface area contributed by atoms with Gasteiger partial charge in [0.25, 0.3) is 0 Å². The van der Waals surface area contributed by atoms with E-state index in [4.69, 9.17) is 22.1 Å². The van der Waals surface area contributed by atoms with Crippen LogP contribution in [0.25, 0.3) is 0 Å². The van der Waals surface area contributed by atoms with Crippen LogP contribution in [-0.2, 0) is 12.3 Å². The molecule has 0 aliphatic carbocycles. The summed E-state index contributed by atoms with van der Waals surface area (Å²) in [4.78, 5) is 0. The molecule has 1 rings (SSSR count). The average molecular weight is 214 g/mol. The Hall–Kier alpha value is -0.730. The lowest BCUT2D eigenvalue weighted by Crippen LogP contribution is -2.17. The maximum absolute atomic E-state index is 5.81. The highest BCUT2D eigenvalue weighted by atomic mass is 35.5. The zero-order valence-electron chi connectivity index (χ0n) is 8.59. The number of halogens is 1. The third-order valence-corrected chi connectivity index (χ3v) is 2.33. The second kappa shape index (κ2) is 5.23. The van der Waals surface area contributed by atoms with Crippen molar-refractivity contribution in [1.29, 1.82) is 0 Å². The molecule has 0 amide bonds. The van der Waals surface area contributed by atoms with Gasteiger partial charge in [-0.2, -0.15) is 0 Å². The van der Waals surface area contributed by atoms with E-state index in [9.17, 15) is 0 Å². The van der Waals surface area contributed by atoms with Gasteiger partial charge in [0.2, 0.25) is 0 Å². The van der Waals surface area contributed by atoms with Gasteiger partial charge in [-0.3, -0.25) is 0 Å². The van der Waals surface area contributed by atoms with E-state index in [0.29, 0.717) is 5.88 Å². The van der Waals surface area contributed by atoms with Gasteiger partial charge in [-0.1, -0.05) is 12.1 Å². The molecule has 2 nitrogen and oxygen atoms in total. The first-order chi connectivity index (χ1) is 6.67. The van der Waals surface area contributed by atoms with Crippen molar-refractivity contribution in [2.45, 2.75) is 25.3 Å². The van der Waals surface area contributed by atoms with Crippen molar-refractivity contribution >= 4 is 11.6 Å². The van der Waals surface area contributed by atoms with Crippen LogP contribution < -0.4 is 10.5 Å². The van der Waals surface area contributed by atoms with Crippen molar-refractivity contribution < 1.29 is 4.74 Å². The maximum Gasteiger partial charge on any atom is 0.123 e. The van der Waals surface area contributed by atoms with Gasteiger partial charge in [-0.05, 0) is 25.0 Å². The Morgan fingerprint density at radius 1 is 1.50 bits per heavy atom. The molecule has 1 aromatic rings. The Bertz CT molecular complexity index is 299. The number of nitrogens with two attached hydrogens (primary N) is 1. The van der Waals surface area contributed by atoms with Gasteiger partial charge in [-0.25, -0.2) is 0 Å². The Morgan fingerprint density at radius 2 is 2.21 bits per heavy atom. The first-order valence-electron chi connectivity index (χ1n) is 4.64. The molecule has 0 aliphatic rings. The zero-order chi connectivity index (χ0) is 10.6. The quantitative estimate of drug-likeness (QED) is 0.780. The molecule has 1 aromatic carbocycles. The summed E-state index contributed by atoms with van der Waals surface area (Å²) in [5, 5.41) is 0. The monoisotopic (exact) mass is 213 g/mol. The van der Waals surface area contributed by atoms with Crippen LogP contribution in [0, 0.1) is 0 Å². The average Bonchev–Trinajstić information content (AvgIpc) is 2.16. The Labute approximate surface area is 90.0 Å². The van der Waals surface area contributed by atoms with Crippen LogP contribution >= 0.6 is 11.6 Å². The molecule has 0 saturated heterocycles. The third-order valence-electron chi connectivity index (χ3n) is 2.05. The third kappa shape index (κ3) is 2.89. The molecule has 0 aliphatic heterocycles. The summed E-state index contributed by atoms with van der Waals surface area (Å²) in [7, 11) is 1.65. The van der Waals surface area contributed by atoms with Gasteiger partial charge in [0.1, 0.15) is 5.75 Å². The molecule has 0 spiro atoms. The van der Waals surface area contributed by atoms with Crippen LogP contribution in [0.5, 0.6) is 5.75 Å². The first-order valence-corrected chi connectivity index (χ1v) is 5.18. The second-order valence-corrected chi connectivity index (χ2v) is 3.73. The summed E-state index contributed by atoms with van der Waals surface area (Å²) in [5.74, 6) is 1.31. The van der Waals surface area contributed by atoms with Crippen LogP contribution in [0.2, 0.25) is 0 Å². The summed E-state index contributed by atoms with van der Waals surface area (Å²) >= 11 is 5.81. The molecule has 0 bridgehead atoms. The summed E-state index contributed by atoms with van der Waals surface area (Å²) in [5.41, 5.74) is 7.95. The molecule has 0 aromatic heterocycles. The lowest BCUT2D eigenvalue weighted by Gasteiger charge is -2.10. The molecule has 1 unspecified atom stereocenters. The van der Waals surface area contributed by atoms with E-state index in [1.807, 2.05) is 19.1 Å². The summed E-state index contributed by atoms with van der Waals surface area (Å²) in [6.45, 7) is 1.99. The molecular formula is C11H16ClNO. The number of benzene rings is 1. The smallest absolute Gasteiger partial charge is 0.123 e. The molecule has 78 valence electrons. The van der Waals surface area contributed by atoms with Crippen molar-refractivity contribution in [3.8, 4) is 5.75 Å². The fourth-order valence-electron chi connectivity index (χ4n) is 1.44. The van der Waals surface area contributed by atoms with Crippen LogP contribution in [0.4, 0.5) is 0 Å². The van der Waals surface area contributed by atoms with Gasteiger partial charge >= 0.3 is 0 Å². The molecule has 0 saturated carbocycles. The Morgan fingerprint density at radius 3 is 2.71 bits per heavy atom. The van der Waals surface area contributed by atoms with Crippen LogP contribution in [0.15, 0.2) is 18.2 Å². The van der Waals surface area contributed by atoms with Crippen molar-refractivity contribution in [1.82, 2.24) is 0 Å².